The van der Waals surface area contributed by atoms with E-state index in [0.717, 1.165) is 35.8 Å². The van der Waals surface area contributed by atoms with Gasteiger partial charge in [0.1, 0.15) is 5.75 Å². The van der Waals surface area contributed by atoms with Gasteiger partial charge in [0.25, 0.3) is 0 Å². The average molecular weight is 314 g/mol. The molecule has 1 atom stereocenters. The van der Waals surface area contributed by atoms with E-state index in [0.29, 0.717) is 11.7 Å². The molecule has 0 bridgehead atoms. The number of aliphatic hydroxyl groups is 1. The Bertz CT molecular complexity index is 405. The molecular weight excluding hydrogens is 294 g/mol. The average Bonchev–Trinajstić information content (AvgIpc) is 2.31. The Morgan fingerprint density at radius 2 is 2.17 bits per heavy atom. The van der Waals surface area contributed by atoms with Crippen LogP contribution >= 0.6 is 15.9 Å². The second-order valence-corrected chi connectivity index (χ2v) is 5.98. The van der Waals surface area contributed by atoms with E-state index < -0.39 is 0 Å². The first-order valence-electron chi connectivity index (χ1n) is 6.50. The summed E-state index contributed by atoms with van der Waals surface area (Å²) in [6.07, 6.45) is 2.62. The molecule has 3 nitrogen and oxygen atoms in total. The van der Waals surface area contributed by atoms with Gasteiger partial charge in [-0.25, -0.2) is 0 Å². The zero-order chi connectivity index (χ0) is 13.1. The fraction of sp³-hybridized carbons (Fsp3) is 0.571. The Morgan fingerprint density at radius 1 is 1.44 bits per heavy atom. The zero-order valence-corrected chi connectivity index (χ0v) is 12.2. The van der Waals surface area contributed by atoms with Crippen LogP contribution in [0, 0.1) is 5.92 Å². The molecule has 3 N–H and O–H groups in total. The molecule has 1 aliphatic rings. The summed E-state index contributed by atoms with van der Waals surface area (Å²) in [6, 6.07) is 5.69. The number of aromatic hydroxyl groups is 1. The normalized spacial score (nSPS) is 24.6. The van der Waals surface area contributed by atoms with E-state index in [1.807, 2.05) is 12.1 Å². The summed E-state index contributed by atoms with van der Waals surface area (Å²) < 4.78 is 0.981. The van der Waals surface area contributed by atoms with Crippen LogP contribution in [0.25, 0.3) is 0 Å². The number of rotatable bonds is 5. The lowest BCUT2D eigenvalue weighted by Crippen LogP contribution is -2.37. The van der Waals surface area contributed by atoms with E-state index in [9.17, 15) is 10.2 Å². The Balaban J connectivity index is 1.97. The molecule has 100 valence electrons. The monoisotopic (exact) mass is 313 g/mol. The van der Waals surface area contributed by atoms with Crippen LogP contribution in [-0.4, -0.2) is 22.9 Å². The predicted molar refractivity (Wildman–Crippen MR) is 75.6 cm³/mol. The summed E-state index contributed by atoms with van der Waals surface area (Å²) in [5.41, 5.74) is 0.937. The van der Waals surface area contributed by atoms with E-state index >= 15 is 0 Å². The summed E-state index contributed by atoms with van der Waals surface area (Å²) in [7, 11) is 0. The number of halogens is 1. The van der Waals surface area contributed by atoms with Crippen molar-refractivity contribution in [2.45, 2.75) is 38.3 Å². The minimum absolute atomic E-state index is 0.101. The highest BCUT2D eigenvalue weighted by Crippen LogP contribution is 2.31. The third kappa shape index (κ3) is 3.25. The Kier molecular flexibility index (Phi) is 4.65. The molecule has 1 unspecified atom stereocenters. The number of phenols is 1. The van der Waals surface area contributed by atoms with Crippen molar-refractivity contribution in [3.63, 3.8) is 0 Å². The van der Waals surface area contributed by atoms with Gasteiger partial charge in [-0.05, 0) is 49.9 Å². The second kappa shape index (κ2) is 6.04. The Hall–Kier alpha value is -0.580. The van der Waals surface area contributed by atoms with E-state index in [4.69, 9.17) is 0 Å². The highest BCUT2D eigenvalue weighted by Gasteiger charge is 2.27. The standard InChI is InChI=1S/C14H20BrNO2/c1-2-13(16-8-9-5-11(17)6-9)12-7-10(15)3-4-14(12)18/h3-4,7,9,11,13,16-18H,2,5-6,8H2,1H3. The summed E-state index contributed by atoms with van der Waals surface area (Å²) in [6.45, 7) is 3.01. The molecule has 0 aliphatic heterocycles. The van der Waals surface area contributed by atoms with Gasteiger partial charge in [-0.1, -0.05) is 22.9 Å². The molecule has 0 aromatic heterocycles. The molecular formula is C14H20BrNO2. The van der Waals surface area contributed by atoms with Crippen molar-refractivity contribution in [2.24, 2.45) is 5.92 Å². The molecule has 2 rings (SSSR count). The van der Waals surface area contributed by atoms with Crippen molar-refractivity contribution < 1.29 is 10.2 Å². The SMILES string of the molecule is CCC(NCC1CC(O)C1)c1cc(Br)ccc1O. The van der Waals surface area contributed by atoms with Crippen LogP contribution in [0.5, 0.6) is 5.75 Å². The summed E-state index contributed by atoms with van der Waals surface area (Å²) in [5, 5.41) is 22.7. The van der Waals surface area contributed by atoms with Gasteiger partial charge in [-0.15, -0.1) is 0 Å². The number of aliphatic hydroxyl groups excluding tert-OH is 1. The molecule has 1 saturated carbocycles. The van der Waals surface area contributed by atoms with Crippen LogP contribution in [-0.2, 0) is 0 Å². The first-order valence-corrected chi connectivity index (χ1v) is 7.29. The van der Waals surface area contributed by atoms with Crippen LogP contribution in [0.2, 0.25) is 0 Å². The molecule has 1 fully saturated rings. The van der Waals surface area contributed by atoms with Crippen molar-refractivity contribution in [1.29, 1.82) is 0 Å². The molecule has 1 aliphatic carbocycles. The molecule has 0 heterocycles. The fourth-order valence-corrected chi connectivity index (χ4v) is 2.83. The smallest absolute Gasteiger partial charge is 0.120 e. The minimum Gasteiger partial charge on any atom is -0.508 e. The van der Waals surface area contributed by atoms with Crippen molar-refractivity contribution in [2.75, 3.05) is 6.54 Å². The second-order valence-electron chi connectivity index (χ2n) is 5.06. The lowest BCUT2D eigenvalue weighted by atomic mass is 9.82. The largest absolute Gasteiger partial charge is 0.508 e. The molecule has 0 saturated heterocycles. The summed E-state index contributed by atoms with van der Waals surface area (Å²) >= 11 is 3.43. The van der Waals surface area contributed by atoms with Gasteiger partial charge in [-0.3, -0.25) is 0 Å². The molecule has 0 amide bonds. The summed E-state index contributed by atoms with van der Waals surface area (Å²) in [5.74, 6) is 0.912. The maximum Gasteiger partial charge on any atom is 0.120 e. The zero-order valence-electron chi connectivity index (χ0n) is 10.6. The third-order valence-electron chi connectivity index (χ3n) is 3.64. The third-order valence-corrected chi connectivity index (χ3v) is 4.13. The summed E-state index contributed by atoms with van der Waals surface area (Å²) in [4.78, 5) is 0. The fourth-order valence-electron chi connectivity index (χ4n) is 2.45. The van der Waals surface area contributed by atoms with E-state index in [-0.39, 0.29) is 12.1 Å². The number of nitrogens with one attached hydrogen (secondary N) is 1. The maximum atomic E-state index is 9.91. The quantitative estimate of drug-likeness (QED) is 0.783. The van der Waals surface area contributed by atoms with Crippen molar-refractivity contribution >= 4 is 15.9 Å². The highest BCUT2D eigenvalue weighted by molar-refractivity contribution is 9.10. The lowest BCUT2D eigenvalue weighted by Gasteiger charge is -2.33. The number of hydrogen-bond donors (Lipinski definition) is 3. The van der Waals surface area contributed by atoms with Gasteiger partial charge >= 0.3 is 0 Å². The minimum atomic E-state index is -0.101. The lowest BCUT2D eigenvalue weighted by molar-refractivity contribution is 0.0417. The van der Waals surface area contributed by atoms with Crippen molar-refractivity contribution in [3.05, 3.63) is 28.2 Å². The molecule has 1 aromatic carbocycles. The van der Waals surface area contributed by atoms with Gasteiger partial charge in [0, 0.05) is 16.1 Å². The molecule has 0 spiro atoms. The van der Waals surface area contributed by atoms with Crippen LogP contribution in [0.1, 0.15) is 37.8 Å². The van der Waals surface area contributed by atoms with E-state index in [1.165, 1.54) is 0 Å². The van der Waals surface area contributed by atoms with E-state index in [1.54, 1.807) is 6.07 Å². The van der Waals surface area contributed by atoms with Crippen LogP contribution in [0.3, 0.4) is 0 Å². The molecule has 1 aromatic rings. The first kappa shape index (κ1) is 13.8. The van der Waals surface area contributed by atoms with E-state index in [2.05, 4.69) is 28.2 Å². The van der Waals surface area contributed by atoms with Gasteiger partial charge in [-0.2, -0.15) is 0 Å². The van der Waals surface area contributed by atoms with Crippen LogP contribution in [0.15, 0.2) is 22.7 Å². The maximum absolute atomic E-state index is 9.91. The van der Waals surface area contributed by atoms with Gasteiger partial charge in [0.15, 0.2) is 0 Å². The number of phenolic OH excluding ortho intramolecular Hbond substituents is 1. The van der Waals surface area contributed by atoms with Crippen LogP contribution < -0.4 is 5.32 Å². The van der Waals surface area contributed by atoms with Crippen molar-refractivity contribution in [1.82, 2.24) is 5.32 Å². The van der Waals surface area contributed by atoms with Gasteiger partial charge in [0.2, 0.25) is 0 Å². The Morgan fingerprint density at radius 3 is 2.78 bits per heavy atom. The highest BCUT2D eigenvalue weighted by atomic mass is 79.9. The Labute approximate surface area is 116 Å². The predicted octanol–water partition coefficient (Wildman–Crippen LogP) is 2.97. The number of hydrogen-bond acceptors (Lipinski definition) is 3. The first-order chi connectivity index (χ1) is 8.60. The topological polar surface area (TPSA) is 52.5 Å². The molecule has 0 radical (unpaired) electrons. The van der Waals surface area contributed by atoms with Gasteiger partial charge < -0.3 is 15.5 Å². The van der Waals surface area contributed by atoms with Crippen LogP contribution in [0.4, 0.5) is 0 Å². The van der Waals surface area contributed by atoms with Crippen molar-refractivity contribution in [3.8, 4) is 5.75 Å². The molecule has 18 heavy (non-hydrogen) atoms. The number of benzene rings is 1. The molecule has 4 heteroatoms. The van der Waals surface area contributed by atoms with Gasteiger partial charge in [0.05, 0.1) is 6.10 Å².